The van der Waals surface area contributed by atoms with Crippen molar-refractivity contribution in [2.75, 3.05) is 19.7 Å². The van der Waals surface area contributed by atoms with Crippen molar-refractivity contribution in [3.8, 4) is 5.75 Å². The number of rotatable bonds is 9. The second-order valence-electron chi connectivity index (χ2n) is 8.01. The van der Waals surface area contributed by atoms with Crippen molar-refractivity contribution < 1.29 is 14.3 Å². The van der Waals surface area contributed by atoms with E-state index in [9.17, 15) is 4.79 Å². The van der Waals surface area contributed by atoms with Crippen LogP contribution in [0.5, 0.6) is 5.75 Å². The summed E-state index contributed by atoms with van der Waals surface area (Å²) in [6, 6.07) is 15.3. The zero-order chi connectivity index (χ0) is 23.0. The number of likely N-dealkylation sites (tertiary alicyclic amines) is 1. The highest BCUT2D eigenvalue weighted by atomic mass is 35.5. The van der Waals surface area contributed by atoms with Gasteiger partial charge in [0.2, 0.25) is 0 Å². The molecule has 4 rings (SSSR count). The van der Waals surface area contributed by atoms with Crippen LogP contribution in [0, 0.1) is 5.92 Å². The molecule has 2 aromatic carbocycles. The van der Waals surface area contributed by atoms with Crippen LogP contribution in [0.4, 0.5) is 4.79 Å². The number of carbonyl (C=O) groups excluding carboxylic acids is 1. The van der Waals surface area contributed by atoms with E-state index in [1.54, 1.807) is 23.1 Å². The minimum atomic E-state index is -0.634. The van der Waals surface area contributed by atoms with E-state index in [-0.39, 0.29) is 19.2 Å². The number of tetrazole rings is 1. The largest absolute Gasteiger partial charge is 0.488 e. The second-order valence-corrected chi connectivity index (χ2v) is 8.85. The van der Waals surface area contributed by atoms with Crippen molar-refractivity contribution in [2.24, 2.45) is 5.92 Å². The fraction of sp³-hybridized carbons (Fsp3) is 0.391. The number of hydrogen-bond donors (Lipinski definition) is 0. The molecule has 174 valence electrons. The summed E-state index contributed by atoms with van der Waals surface area (Å²) in [5.41, 5.74) is 1.32. The van der Waals surface area contributed by atoms with Gasteiger partial charge in [-0.15, -0.1) is 10.2 Å². The lowest BCUT2D eigenvalue weighted by Crippen LogP contribution is -2.37. The molecule has 10 heteroatoms. The standard InChI is InChI=1S/C23H25Cl2N5O3/c24-19-8-9-21(25)22(12-19)32-15-20(14-30-27-16-26-28-30)33-23(31)29-11-10-18(13-29)7-6-17-4-2-1-3-5-17/h1-5,8-9,12,16,18,20H,6-7,10-11,13-15H2. The van der Waals surface area contributed by atoms with Gasteiger partial charge in [-0.1, -0.05) is 53.5 Å². The van der Waals surface area contributed by atoms with Crippen LogP contribution in [-0.2, 0) is 17.7 Å². The van der Waals surface area contributed by atoms with Crippen molar-refractivity contribution >= 4 is 29.3 Å². The van der Waals surface area contributed by atoms with Gasteiger partial charge in [0.15, 0.2) is 12.4 Å². The number of aromatic nitrogens is 4. The molecule has 2 atom stereocenters. The third-order valence-corrected chi connectivity index (χ3v) is 6.12. The quantitative estimate of drug-likeness (QED) is 0.439. The molecule has 0 radical (unpaired) electrons. The van der Waals surface area contributed by atoms with E-state index < -0.39 is 6.10 Å². The summed E-state index contributed by atoms with van der Waals surface area (Å²) in [5, 5.41) is 12.5. The average Bonchev–Trinajstić information content (AvgIpc) is 3.51. The monoisotopic (exact) mass is 489 g/mol. The van der Waals surface area contributed by atoms with E-state index in [2.05, 4.69) is 39.7 Å². The van der Waals surface area contributed by atoms with E-state index in [0.29, 0.717) is 34.8 Å². The summed E-state index contributed by atoms with van der Waals surface area (Å²) in [7, 11) is 0. The Hall–Kier alpha value is -2.84. The van der Waals surface area contributed by atoms with Crippen LogP contribution in [0.15, 0.2) is 54.9 Å². The number of amides is 1. The van der Waals surface area contributed by atoms with Crippen LogP contribution in [-0.4, -0.2) is 57.0 Å². The molecule has 0 N–H and O–H groups in total. The second kappa shape index (κ2) is 11.3. The molecule has 2 unspecified atom stereocenters. The van der Waals surface area contributed by atoms with Crippen LogP contribution in [0.1, 0.15) is 18.4 Å². The predicted octanol–water partition coefficient (Wildman–Crippen LogP) is 4.52. The summed E-state index contributed by atoms with van der Waals surface area (Å²) in [6.07, 6.45) is 3.32. The van der Waals surface area contributed by atoms with Crippen LogP contribution < -0.4 is 4.74 Å². The van der Waals surface area contributed by atoms with E-state index in [1.165, 1.54) is 16.7 Å². The first-order chi connectivity index (χ1) is 16.1. The summed E-state index contributed by atoms with van der Waals surface area (Å²) in [5.74, 6) is 0.869. The average molecular weight is 490 g/mol. The maximum Gasteiger partial charge on any atom is 0.410 e. The Labute approximate surface area is 202 Å². The van der Waals surface area contributed by atoms with Crippen LogP contribution in [0.25, 0.3) is 0 Å². The molecular weight excluding hydrogens is 465 g/mol. The van der Waals surface area contributed by atoms with Gasteiger partial charge in [0.05, 0.1) is 5.02 Å². The van der Waals surface area contributed by atoms with E-state index >= 15 is 0 Å². The van der Waals surface area contributed by atoms with Crippen LogP contribution in [0.2, 0.25) is 10.0 Å². The first-order valence-corrected chi connectivity index (χ1v) is 11.6. The molecule has 3 aromatic rings. The Morgan fingerprint density at radius 3 is 2.82 bits per heavy atom. The zero-order valence-corrected chi connectivity index (χ0v) is 19.5. The molecule has 2 heterocycles. The van der Waals surface area contributed by atoms with Gasteiger partial charge in [-0.05, 0) is 48.1 Å². The third kappa shape index (κ3) is 6.82. The molecule has 1 aliphatic heterocycles. The summed E-state index contributed by atoms with van der Waals surface area (Å²) in [4.78, 5) is 16.0. The number of aryl methyl sites for hydroxylation is 1. The van der Waals surface area contributed by atoms with Crippen LogP contribution >= 0.6 is 23.2 Å². The normalized spacial score (nSPS) is 16.5. The molecule has 0 bridgehead atoms. The van der Waals surface area contributed by atoms with Crippen molar-refractivity contribution in [1.82, 2.24) is 25.1 Å². The van der Waals surface area contributed by atoms with Gasteiger partial charge in [0.25, 0.3) is 0 Å². The number of hydrogen-bond acceptors (Lipinski definition) is 6. The van der Waals surface area contributed by atoms with E-state index in [0.717, 1.165) is 19.3 Å². The Morgan fingerprint density at radius 1 is 1.18 bits per heavy atom. The SMILES string of the molecule is O=C(OC(COc1cc(Cl)ccc1Cl)Cn1ncnn1)N1CCC(CCc2ccccc2)C1. The summed E-state index contributed by atoms with van der Waals surface area (Å²) in [6.45, 7) is 1.63. The maximum absolute atomic E-state index is 12.9. The summed E-state index contributed by atoms with van der Waals surface area (Å²) >= 11 is 12.2. The topological polar surface area (TPSA) is 82.4 Å². The Bertz CT molecular complexity index is 1040. The zero-order valence-electron chi connectivity index (χ0n) is 18.0. The third-order valence-electron chi connectivity index (χ3n) is 5.57. The molecule has 8 nitrogen and oxygen atoms in total. The molecule has 0 aliphatic carbocycles. The van der Waals surface area contributed by atoms with Gasteiger partial charge in [-0.2, -0.15) is 4.80 Å². The first kappa shape index (κ1) is 23.3. The Morgan fingerprint density at radius 2 is 2.03 bits per heavy atom. The molecule has 1 aliphatic rings. The molecule has 1 fully saturated rings. The smallest absolute Gasteiger partial charge is 0.410 e. The van der Waals surface area contributed by atoms with E-state index in [4.69, 9.17) is 32.7 Å². The molecule has 0 spiro atoms. The van der Waals surface area contributed by atoms with Gasteiger partial charge in [0.1, 0.15) is 18.9 Å². The first-order valence-electron chi connectivity index (χ1n) is 10.8. The molecule has 1 saturated heterocycles. The van der Waals surface area contributed by atoms with Gasteiger partial charge in [-0.3, -0.25) is 0 Å². The van der Waals surface area contributed by atoms with Crippen molar-refractivity contribution in [3.05, 3.63) is 70.5 Å². The molecule has 1 amide bonds. The van der Waals surface area contributed by atoms with Crippen LogP contribution in [0.3, 0.4) is 0 Å². The molecular formula is C23H25Cl2N5O3. The summed E-state index contributed by atoms with van der Waals surface area (Å²) < 4.78 is 11.6. The highest BCUT2D eigenvalue weighted by molar-refractivity contribution is 6.34. The molecule has 0 saturated carbocycles. The minimum Gasteiger partial charge on any atom is -0.488 e. The predicted molar refractivity (Wildman–Crippen MR) is 124 cm³/mol. The fourth-order valence-electron chi connectivity index (χ4n) is 3.82. The van der Waals surface area contributed by atoms with Crippen molar-refractivity contribution in [3.63, 3.8) is 0 Å². The highest BCUT2D eigenvalue weighted by Crippen LogP contribution is 2.28. The molecule has 33 heavy (non-hydrogen) atoms. The van der Waals surface area contributed by atoms with Gasteiger partial charge < -0.3 is 14.4 Å². The van der Waals surface area contributed by atoms with Crippen molar-refractivity contribution in [2.45, 2.75) is 31.9 Å². The van der Waals surface area contributed by atoms with Gasteiger partial charge >= 0.3 is 6.09 Å². The Kier molecular flexibility index (Phi) is 8.01. The lowest BCUT2D eigenvalue weighted by Gasteiger charge is -2.22. The van der Waals surface area contributed by atoms with Gasteiger partial charge in [-0.25, -0.2) is 4.79 Å². The molecule has 1 aromatic heterocycles. The fourth-order valence-corrected chi connectivity index (χ4v) is 4.15. The maximum atomic E-state index is 12.9. The number of halogens is 2. The highest BCUT2D eigenvalue weighted by Gasteiger charge is 2.29. The van der Waals surface area contributed by atoms with Gasteiger partial charge in [0, 0.05) is 24.2 Å². The Balaban J connectivity index is 1.32. The number of ether oxygens (including phenoxy) is 2. The lowest BCUT2D eigenvalue weighted by molar-refractivity contribution is 0.0303. The lowest BCUT2D eigenvalue weighted by atomic mass is 9.99. The number of benzene rings is 2. The van der Waals surface area contributed by atoms with E-state index in [1.807, 2.05) is 6.07 Å². The minimum absolute atomic E-state index is 0.0681. The number of carbonyl (C=O) groups is 1. The number of nitrogens with zero attached hydrogens (tertiary/aromatic N) is 5. The van der Waals surface area contributed by atoms with Crippen molar-refractivity contribution in [1.29, 1.82) is 0 Å².